The van der Waals surface area contributed by atoms with Gasteiger partial charge < -0.3 is 10.1 Å². The van der Waals surface area contributed by atoms with E-state index in [2.05, 4.69) is 9.38 Å². The van der Waals surface area contributed by atoms with Crippen LogP contribution in [0.5, 0.6) is 0 Å². The number of pyridine rings is 1. The van der Waals surface area contributed by atoms with Crippen molar-refractivity contribution in [3.05, 3.63) is 36.3 Å². The predicted molar refractivity (Wildman–Crippen MR) is 57.2 cm³/mol. The van der Waals surface area contributed by atoms with Crippen LogP contribution in [0.15, 0.2) is 30.6 Å². The van der Waals surface area contributed by atoms with Crippen LogP contribution < -0.4 is 5.73 Å². The van der Waals surface area contributed by atoms with Gasteiger partial charge in [0.2, 0.25) is 0 Å². The van der Waals surface area contributed by atoms with Crippen LogP contribution in [-0.2, 0) is 6.42 Å². The molecule has 0 aliphatic heterocycles. The average molecular weight is 189 g/mol. The van der Waals surface area contributed by atoms with Gasteiger partial charge in [-0.25, -0.2) is 4.98 Å². The lowest BCUT2D eigenvalue weighted by Crippen LogP contribution is -2.15. The van der Waals surface area contributed by atoms with Gasteiger partial charge in [-0.3, -0.25) is 0 Å². The SMILES string of the molecule is C[C@@H](N)CCc1cnc2ccccn12. The normalized spacial score (nSPS) is 13.3. The molecule has 0 saturated heterocycles. The van der Waals surface area contributed by atoms with E-state index in [4.69, 9.17) is 5.73 Å². The van der Waals surface area contributed by atoms with E-state index < -0.39 is 0 Å². The molecule has 0 bridgehead atoms. The molecule has 2 heterocycles. The van der Waals surface area contributed by atoms with Crippen LogP contribution in [0.25, 0.3) is 5.65 Å². The number of nitrogens with two attached hydrogens (primary N) is 1. The molecule has 3 nitrogen and oxygen atoms in total. The summed E-state index contributed by atoms with van der Waals surface area (Å²) in [5.74, 6) is 0. The van der Waals surface area contributed by atoms with Crippen LogP contribution in [0.1, 0.15) is 19.0 Å². The first-order valence-electron chi connectivity index (χ1n) is 4.94. The van der Waals surface area contributed by atoms with E-state index in [0.29, 0.717) is 0 Å². The Labute approximate surface area is 83.6 Å². The van der Waals surface area contributed by atoms with Gasteiger partial charge in [0.05, 0.1) is 0 Å². The van der Waals surface area contributed by atoms with Crippen molar-refractivity contribution < 1.29 is 0 Å². The zero-order valence-corrected chi connectivity index (χ0v) is 8.35. The molecule has 14 heavy (non-hydrogen) atoms. The van der Waals surface area contributed by atoms with Gasteiger partial charge in [0, 0.05) is 24.1 Å². The molecule has 0 amide bonds. The van der Waals surface area contributed by atoms with Crippen LogP contribution in [0, 0.1) is 0 Å². The number of nitrogens with zero attached hydrogens (tertiary/aromatic N) is 2. The first kappa shape index (κ1) is 9.21. The van der Waals surface area contributed by atoms with Gasteiger partial charge in [-0.15, -0.1) is 0 Å². The second-order valence-electron chi connectivity index (χ2n) is 3.69. The monoisotopic (exact) mass is 189 g/mol. The Morgan fingerprint density at radius 2 is 2.36 bits per heavy atom. The fraction of sp³-hybridized carbons (Fsp3) is 0.364. The highest BCUT2D eigenvalue weighted by Crippen LogP contribution is 2.08. The molecule has 2 rings (SSSR count). The molecule has 2 aromatic heterocycles. The van der Waals surface area contributed by atoms with E-state index in [-0.39, 0.29) is 6.04 Å². The molecular formula is C11H15N3. The van der Waals surface area contributed by atoms with E-state index in [1.807, 2.05) is 37.5 Å². The second-order valence-corrected chi connectivity index (χ2v) is 3.69. The smallest absolute Gasteiger partial charge is 0.136 e. The number of imidazole rings is 1. The maximum atomic E-state index is 5.72. The van der Waals surface area contributed by atoms with Crippen LogP contribution in [0.2, 0.25) is 0 Å². The standard InChI is InChI=1S/C11H15N3/c1-9(12)5-6-10-8-13-11-4-2-3-7-14(10)11/h2-4,7-9H,5-6,12H2,1H3/t9-/m1/s1. The lowest BCUT2D eigenvalue weighted by atomic mass is 10.1. The van der Waals surface area contributed by atoms with Crippen LogP contribution >= 0.6 is 0 Å². The van der Waals surface area contributed by atoms with Crippen molar-refractivity contribution in [3.8, 4) is 0 Å². The molecule has 0 aromatic carbocycles. The third-order valence-electron chi connectivity index (χ3n) is 2.35. The van der Waals surface area contributed by atoms with E-state index in [0.717, 1.165) is 18.5 Å². The van der Waals surface area contributed by atoms with E-state index >= 15 is 0 Å². The highest BCUT2D eigenvalue weighted by atomic mass is 15.0. The van der Waals surface area contributed by atoms with Crippen LogP contribution in [0.3, 0.4) is 0 Å². The fourth-order valence-electron chi connectivity index (χ4n) is 1.55. The molecule has 0 spiro atoms. The van der Waals surface area contributed by atoms with Gasteiger partial charge in [-0.2, -0.15) is 0 Å². The van der Waals surface area contributed by atoms with Crippen molar-refractivity contribution in [2.24, 2.45) is 5.73 Å². The Morgan fingerprint density at radius 1 is 1.50 bits per heavy atom. The average Bonchev–Trinajstić information content (AvgIpc) is 2.58. The van der Waals surface area contributed by atoms with E-state index in [1.165, 1.54) is 5.69 Å². The maximum absolute atomic E-state index is 5.72. The molecule has 1 atom stereocenters. The van der Waals surface area contributed by atoms with Gasteiger partial charge in [0.25, 0.3) is 0 Å². The van der Waals surface area contributed by atoms with Crippen LogP contribution in [-0.4, -0.2) is 15.4 Å². The quantitative estimate of drug-likeness (QED) is 0.797. The van der Waals surface area contributed by atoms with Crippen molar-refractivity contribution in [1.29, 1.82) is 0 Å². The highest BCUT2D eigenvalue weighted by Gasteiger charge is 2.02. The first-order valence-corrected chi connectivity index (χ1v) is 4.94. The van der Waals surface area contributed by atoms with Gasteiger partial charge in [0.15, 0.2) is 0 Å². The summed E-state index contributed by atoms with van der Waals surface area (Å²) in [6, 6.07) is 6.28. The molecule has 0 radical (unpaired) electrons. The zero-order valence-electron chi connectivity index (χ0n) is 8.35. The van der Waals surface area contributed by atoms with Crippen molar-refractivity contribution in [2.45, 2.75) is 25.8 Å². The summed E-state index contributed by atoms with van der Waals surface area (Å²) in [5, 5.41) is 0. The molecule has 74 valence electrons. The zero-order chi connectivity index (χ0) is 9.97. The number of hydrogen-bond acceptors (Lipinski definition) is 2. The minimum absolute atomic E-state index is 0.254. The topological polar surface area (TPSA) is 43.3 Å². The summed E-state index contributed by atoms with van der Waals surface area (Å²) in [7, 11) is 0. The van der Waals surface area contributed by atoms with Gasteiger partial charge in [0.1, 0.15) is 5.65 Å². The van der Waals surface area contributed by atoms with Crippen LogP contribution in [0.4, 0.5) is 0 Å². The molecule has 2 aromatic rings. The highest BCUT2D eigenvalue weighted by molar-refractivity contribution is 5.39. The lowest BCUT2D eigenvalue weighted by molar-refractivity contribution is 0.656. The van der Waals surface area contributed by atoms with Crippen molar-refractivity contribution >= 4 is 5.65 Å². The first-order chi connectivity index (χ1) is 6.77. The number of aryl methyl sites for hydroxylation is 1. The number of aromatic nitrogens is 2. The Hall–Kier alpha value is -1.35. The van der Waals surface area contributed by atoms with E-state index in [9.17, 15) is 0 Å². The third-order valence-corrected chi connectivity index (χ3v) is 2.35. The largest absolute Gasteiger partial charge is 0.328 e. The summed E-state index contributed by atoms with van der Waals surface area (Å²) >= 11 is 0. The number of rotatable bonds is 3. The molecule has 0 unspecified atom stereocenters. The Balaban J connectivity index is 2.25. The molecule has 2 N–H and O–H groups in total. The van der Waals surface area contributed by atoms with Gasteiger partial charge >= 0.3 is 0 Å². The van der Waals surface area contributed by atoms with Gasteiger partial charge in [-0.1, -0.05) is 6.07 Å². The Morgan fingerprint density at radius 3 is 3.14 bits per heavy atom. The Kier molecular flexibility index (Phi) is 2.50. The van der Waals surface area contributed by atoms with Crippen molar-refractivity contribution in [1.82, 2.24) is 9.38 Å². The molecular weight excluding hydrogens is 174 g/mol. The minimum atomic E-state index is 0.254. The number of fused-ring (bicyclic) bond motifs is 1. The van der Waals surface area contributed by atoms with Crippen molar-refractivity contribution in [3.63, 3.8) is 0 Å². The Bertz CT molecular complexity index is 417. The molecule has 0 aliphatic carbocycles. The predicted octanol–water partition coefficient (Wildman–Crippen LogP) is 1.61. The maximum Gasteiger partial charge on any atom is 0.136 e. The molecule has 3 heteroatoms. The summed E-state index contributed by atoms with van der Waals surface area (Å²) in [6.07, 6.45) is 5.96. The van der Waals surface area contributed by atoms with E-state index in [1.54, 1.807) is 0 Å². The van der Waals surface area contributed by atoms with Crippen molar-refractivity contribution in [2.75, 3.05) is 0 Å². The summed E-state index contributed by atoms with van der Waals surface area (Å²) in [5.41, 5.74) is 7.96. The molecule has 0 fully saturated rings. The minimum Gasteiger partial charge on any atom is -0.328 e. The summed E-state index contributed by atoms with van der Waals surface area (Å²) < 4.78 is 2.11. The molecule has 0 saturated carbocycles. The fourth-order valence-corrected chi connectivity index (χ4v) is 1.55. The van der Waals surface area contributed by atoms with Gasteiger partial charge in [-0.05, 0) is 31.9 Å². The summed E-state index contributed by atoms with van der Waals surface area (Å²) in [4.78, 5) is 4.32. The molecule has 0 aliphatic rings. The third kappa shape index (κ3) is 1.77. The lowest BCUT2D eigenvalue weighted by Gasteiger charge is -2.04. The second kappa shape index (κ2) is 3.80. The number of hydrogen-bond donors (Lipinski definition) is 1. The summed E-state index contributed by atoms with van der Waals surface area (Å²) in [6.45, 7) is 2.03.